The van der Waals surface area contributed by atoms with Gasteiger partial charge in [-0.15, -0.1) is 0 Å². The monoisotopic (exact) mass is 256 g/mol. The van der Waals surface area contributed by atoms with E-state index in [0.717, 1.165) is 24.3 Å². The Morgan fingerprint density at radius 2 is 1.95 bits per heavy atom. The van der Waals surface area contributed by atoms with Gasteiger partial charge in [0.25, 0.3) is 0 Å². The van der Waals surface area contributed by atoms with Gasteiger partial charge in [0.05, 0.1) is 0 Å². The Balaban J connectivity index is 1.55. The summed E-state index contributed by atoms with van der Waals surface area (Å²) in [6, 6.07) is 4.73. The third-order valence-electron chi connectivity index (χ3n) is 4.97. The van der Waals surface area contributed by atoms with Crippen molar-refractivity contribution in [2.24, 2.45) is 11.8 Å². The van der Waals surface area contributed by atoms with E-state index >= 15 is 0 Å². The number of nitrogens with zero attached hydrogens (tertiary/aromatic N) is 2. The summed E-state index contributed by atoms with van der Waals surface area (Å²) in [5, 5.41) is 0. The Morgan fingerprint density at radius 3 is 2.58 bits per heavy atom. The molecule has 3 aliphatic rings. The summed E-state index contributed by atoms with van der Waals surface area (Å²) in [5.41, 5.74) is 4.16. The zero-order valence-corrected chi connectivity index (χ0v) is 12.1. The molecule has 19 heavy (non-hydrogen) atoms. The van der Waals surface area contributed by atoms with Crippen LogP contribution in [0.2, 0.25) is 0 Å². The van der Waals surface area contributed by atoms with Gasteiger partial charge >= 0.3 is 0 Å². The van der Waals surface area contributed by atoms with Crippen LogP contribution in [-0.4, -0.2) is 23.0 Å². The van der Waals surface area contributed by atoms with E-state index in [-0.39, 0.29) is 0 Å². The maximum absolute atomic E-state index is 4.87. The topological polar surface area (TPSA) is 16.1 Å². The van der Waals surface area contributed by atoms with Crippen LogP contribution in [0.4, 0.5) is 0 Å². The molecule has 102 valence electrons. The first-order chi connectivity index (χ1) is 9.19. The smallest absolute Gasteiger partial charge is 0.0441 e. The van der Waals surface area contributed by atoms with Crippen molar-refractivity contribution in [1.29, 1.82) is 0 Å². The van der Waals surface area contributed by atoms with Gasteiger partial charge in [0.1, 0.15) is 0 Å². The first-order valence-electron chi connectivity index (χ1n) is 7.92. The number of pyridine rings is 1. The molecule has 0 aromatic carbocycles. The van der Waals surface area contributed by atoms with E-state index in [1.54, 1.807) is 0 Å². The molecule has 2 heterocycles. The fourth-order valence-corrected chi connectivity index (χ4v) is 3.49. The summed E-state index contributed by atoms with van der Waals surface area (Å²) in [6.45, 7) is 8.34. The average molecular weight is 256 g/mol. The van der Waals surface area contributed by atoms with E-state index in [4.69, 9.17) is 4.98 Å². The van der Waals surface area contributed by atoms with Crippen LogP contribution in [0.5, 0.6) is 0 Å². The zero-order chi connectivity index (χ0) is 13.0. The molecule has 1 aromatic rings. The maximum Gasteiger partial charge on any atom is 0.0441 e. The van der Waals surface area contributed by atoms with Crippen molar-refractivity contribution >= 4 is 0 Å². The highest BCUT2D eigenvalue weighted by molar-refractivity contribution is 5.27. The molecule has 4 rings (SSSR count). The van der Waals surface area contributed by atoms with Gasteiger partial charge in [0, 0.05) is 36.9 Å². The van der Waals surface area contributed by atoms with Gasteiger partial charge in [-0.3, -0.25) is 9.88 Å². The molecule has 0 bridgehead atoms. The summed E-state index contributed by atoms with van der Waals surface area (Å²) < 4.78 is 0. The van der Waals surface area contributed by atoms with Crippen molar-refractivity contribution in [3.8, 4) is 0 Å². The van der Waals surface area contributed by atoms with Gasteiger partial charge in [-0.1, -0.05) is 13.8 Å². The van der Waals surface area contributed by atoms with Crippen LogP contribution >= 0.6 is 0 Å². The number of fused-ring (bicyclic) bond motifs is 1. The van der Waals surface area contributed by atoms with E-state index in [0.29, 0.717) is 5.92 Å². The van der Waals surface area contributed by atoms with Gasteiger partial charge in [0.2, 0.25) is 0 Å². The molecule has 0 amide bonds. The lowest BCUT2D eigenvalue weighted by Crippen LogP contribution is -2.22. The van der Waals surface area contributed by atoms with Crippen LogP contribution in [0.3, 0.4) is 0 Å². The second kappa shape index (κ2) is 4.31. The highest BCUT2D eigenvalue weighted by Crippen LogP contribution is 2.45. The molecule has 0 spiro atoms. The second-order valence-corrected chi connectivity index (χ2v) is 7.20. The number of aromatic nitrogens is 1. The Morgan fingerprint density at radius 1 is 1.21 bits per heavy atom. The predicted molar refractivity (Wildman–Crippen MR) is 77.2 cm³/mol. The molecule has 2 saturated carbocycles. The number of hydrogen-bond donors (Lipinski definition) is 0. The Bertz CT molecular complexity index is 460. The molecular weight excluding hydrogens is 232 g/mol. The van der Waals surface area contributed by atoms with Crippen LogP contribution in [-0.2, 0) is 6.54 Å². The fourth-order valence-electron chi connectivity index (χ4n) is 3.49. The summed E-state index contributed by atoms with van der Waals surface area (Å²) in [7, 11) is 0. The normalized spacial score (nSPS) is 29.8. The van der Waals surface area contributed by atoms with Gasteiger partial charge in [-0.05, 0) is 54.7 Å². The third kappa shape index (κ3) is 2.43. The summed E-state index contributed by atoms with van der Waals surface area (Å²) in [5.74, 6) is 3.39. The minimum atomic E-state index is 0.546. The van der Waals surface area contributed by atoms with Gasteiger partial charge in [-0.25, -0.2) is 0 Å². The highest BCUT2D eigenvalue weighted by atomic mass is 15.2. The number of likely N-dealkylation sites (tertiary alicyclic amines) is 1. The molecule has 2 aliphatic carbocycles. The zero-order valence-electron chi connectivity index (χ0n) is 12.1. The van der Waals surface area contributed by atoms with Gasteiger partial charge in [-0.2, -0.15) is 0 Å². The Kier molecular flexibility index (Phi) is 2.70. The van der Waals surface area contributed by atoms with E-state index in [2.05, 4.69) is 30.9 Å². The molecule has 1 saturated heterocycles. The van der Waals surface area contributed by atoms with Gasteiger partial charge < -0.3 is 0 Å². The van der Waals surface area contributed by atoms with E-state index < -0.39 is 0 Å². The van der Waals surface area contributed by atoms with Crippen molar-refractivity contribution in [2.75, 3.05) is 13.1 Å². The minimum absolute atomic E-state index is 0.546. The van der Waals surface area contributed by atoms with Crippen LogP contribution in [0.25, 0.3) is 0 Å². The van der Waals surface area contributed by atoms with Crippen LogP contribution in [0, 0.1) is 11.8 Å². The second-order valence-electron chi connectivity index (χ2n) is 7.20. The molecule has 2 heteroatoms. The summed E-state index contributed by atoms with van der Waals surface area (Å²) >= 11 is 0. The summed E-state index contributed by atoms with van der Waals surface area (Å²) in [4.78, 5) is 7.52. The van der Waals surface area contributed by atoms with Gasteiger partial charge in [0.15, 0.2) is 0 Å². The van der Waals surface area contributed by atoms with Crippen molar-refractivity contribution < 1.29 is 0 Å². The average Bonchev–Trinajstić information content (AvgIpc) is 3.28. The van der Waals surface area contributed by atoms with Crippen LogP contribution < -0.4 is 0 Å². The number of hydrogen-bond acceptors (Lipinski definition) is 2. The Labute approximate surface area is 116 Å². The molecule has 2 unspecified atom stereocenters. The fraction of sp³-hybridized carbons (Fsp3) is 0.706. The van der Waals surface area contributed by atoms with Crippen molar-refractivity contribution in [3.63, 3.8) is 0 Å². The molecule has 3 fully saturated rings. The van der Waals surface area contributed by atoms with E-state index in [1.807, 2.05) is 0 Å². The quantitative estimate of drug-likeness (QED) is 0.819. The molecule has 2 atom stereocenters. The number of rotatable bonds is 4. The van der Waals surface area contributed by atoms with Crippen LogP contribution in [0.1, 0.15) is 61.9 Å². The lowest BCUT2D eigenvalue weighted by Gasteiger charge is -2.19. The summed E-state index contributed by atoms with van der Waals surface area (Å²) in [6.07, 6.45) is 4.20. The SMILES string of the molecule is CC(C)c1cc(CN2CC3CC3C2)cc(C2CC2)n1. The van der Waals surface area contributed by atoms with Crippen LogP contribution in [0.15, 0.2) is 12.1 Å². The van der Waals surface area contributed by atoms with Crippen molar-refractivity contribution in [1.82, 2.24) is 9.88 Å². The first kappa shape index (κ1) is 11.9. The molecule has 1 aromatic heterocycles. The lowest BCUT2D eigenvalue weighted by molar-refractivity contribution is 0.297. The van der Waals surface area contributed by atoms with Crippen molar-refractivity contribution in [2.45, 2.75) is 51.5 Å². The van der Waals surface area contributed by atoms with E-state index in [1.165, 1.54) is 49.3 Å². The highest BCUT2D eigenvalue weighted by Gasteiger charge is 2.44. The maximum atomic E-state index is 4.87. The molecule has 0 N–H and O–H groups in total. The molecular formula is C17H24N2. The third-order valence-corrected chi connectivity index (χ3v) is 4.97. The minimum Gasteiger partial charge on any atom is -0.299 e. The largest absolute Gasteiger partial charge is 0.299 e. The van der Waals surface area contributed by atoms with Crippen molar-refractivity contribution in [3.05, 3.63) is 29.1 Å². The molecule has 2 nitrogen and oxygen atoms in total. The first-order valence-corrected chi connectivity index (χ1v) is 7.92. The number of piperidine rings is 1. The predicted octanol–water partition coefficient (Wildman–Crippen LogP) is 3.53. The molecule has 1 aliphatic heterocycles. The lowest BCUT2D eigenvalue weighted by atomic mass is 10.0. The Hall–Kier alpha value is -0.890. The standard InChI is InChI=1S/C17H24N2/c1-11(2)16-5-12(6-17(18-16)13-3-4-13)8-19-9-14-7-15(14)10-19/h5-6,11,13-15H,3-4,7-10H2,1-2H3. The molecule has 0 radical (unpaired) electrons. The van der Waals surface area contributed by atoms with E-state index in [9.17, 15) is 0 Å².